The molecule has 0 aromatic carbocycles. The van der Waals surface area contributed by atoms with Gasteiger partial charge in [-0.2, -0.15) is 0 Å². The zero-order valence-electron chi connectivity index (χ0n) is 14.1. The number of oxime groups is 1. The van der Waals surface area contributed by atoms with Crippen molar-refractivity contribution in [3.8, 4) is 0 Å². The number of carbonyl (C=O) groups is 2. The van der Waals surface area contributed by atoms with Gasteiger partial charge in [-0.15, -0.1) is 0 Å². The van der Waals surface area contributed by atoms with Gasteiger partial charge in [-0.05, 0) is 32.3 Å². The second-order valence-electron chi connectivity index (χ2n) is 6.02. The average molecular weight is 338 g/mol. The van der Waals surface area contributed by atoms with Gasteiger partial charge in [0.2, 0.25) is 5.91 Å². The van der Waals surface area contributed by atoms with Crippen LogP contribution in [0.15, 0.2) is 28.2 Å². The fourth-order valence-electron chi connectivity index (χ4n) is 2.66. The molecule has 6 nitrogen and oxygen atoms in total. The summed E-state index contributed by atoms with van der Waals surface area (Å²) >= 11 is 0. The number of rotatable bonds is 7. The number of hydrogen-bond donors (Lipinski definition) is 1. The maximum Gasteiger partial charge on any atom is 0.305 e. The Morgan fingerprint density at radius 2 is 2.25 bits per heavy atom. The molecule has 132 valence electrons. The molecule has 1 heterocycles. The lowest BCUT2D eigenvalue weighted by Crippen LogP contribution is -2.28. The number of nitrogens with one attached hydrogen (secondary N) is 1. The van der Waals surface area contributed by atoms with Gasteiger partial charge in [-0.25, -0.2) is 4.39 Å². The topological polar surface area (TPSA) is 77.0 Å². The zero-order valence-corrected chi connectivity index (χ0v) is 14.1. The summed E-state index contributed by atoms with van der Waals surface area (Å²) in [5.74, 6) is -0.724. The number of amides is 1. The van der Waals surface area contributed by atoms with Crippen molar-refractivity contribution in [2.45, 2.75) is 51.6 Å². The molecule has 0 aromatic rings. The summed E-state index contributed by atoms with van der Waals surface area (Å²) < 4.78 is 18.5. The Bertz CT molecular complexity index is 595. The Morgan fingerprint density at radius 3 is 2.96 bits per heavy atom. The molecule has 0 saturated carbocycles. The second kappa shape index (κ2) is 8.61. The highest BCUT2D eigenvalue weighted by Crippen LogP contribution is 2.29. The van der Waals surface area contributed by atoms with Crippen molar-refractivity contribution in [3.05, 3.63) is 23.0 Å². The van der Waals surface area contributed by atoms with Crippen LogP contribution < -0.4 is 5.32 Å². The first-order chi connectivity index (χ1) is 11.5. The van der Waals surface area contributed by atoms with Gasteiger partial charge in [0, 0.05) is 25.0 Å². The first kappa shape index (κ1) is 18.2. The van der Waals surface area contributed by atoms with Gasteiger partial charge in [0.1, 0.15) is 11.9 Å². The van der Waals surface area contributed by atoms with E-state index in [0.29, 0.717) is 37.1 Å². The highest BCUT2D eigenvalue weighted by Gasteiger charge is 2.28. The normalized spacial score (nSPS) is 20.2. The number of hydrogen-bond acceptors (Lipinski definition) is 5. The van der Waals surface area contributed by atoms with Crippen LogP contribution in [0, 0.1) is 0 Å². The molecule has 0 bridgehead atoms. The van der Waals surface area contributed by atoms with Gasteiger partial charge in [-0.3, -0.25) is 9.59 Å². The summed E-state index contributed by atoms with van der Waals surface area (Å²) in [6.07, 6.45) is 3.98. The Balaban J connectivity index is 1.72. The van der Waals surface area contributed by atoms with Crippen molar-refractivity contribution in [2.24, 2.45) is 5.16 Å². The second-order valence-corrected chi connectivity index (χ2v) is 6.02. The minimum atomic E-state index is -0.368. The van der Waals surface area contributed by atoms with Crippen molar-refractivity contribution in [1.82, 2.24) is 5.32 Å². The molecule has 1 atom stereocenters. The Kier molecular flexibility index (Phi) is 6.52. The number of esters is 1. The zero-order chi connectivity index (χ0) is 17.5. The molecule has 0 saturated heterocycles. The number of nitrogens with zero attached hydrogens (tertiary/aromatic N) is 1. The third kappa shape index (κ3) is 5.18. The molecule has 1 aliphatic carbocycles. The van der Waals surface area contributed by atoms with E-state index >= 15 is 0 Å². The molecule has 2 aliphatic rings. The lowest BCUT2D eigenvalue weighted by atomic mass is 9.92. The summed E-state index contributed by atoms with van der Waals surface area (Å²) in [4.78, 5) is 28.1. The van der Waals surface area contributed by atoms with Crippen molar-refractivity contribution in [1.29, 1.82) is 0 Å². The number of halogens is 1. The number of methoxy groups -OCH3 is 1. The molecule has 0 aromatic heterocycles. The fraction of sp³-hybridized carbons (Fsp3) is 0.588. The summed E-state index contributed by atoms with van der Waals surface area (Å²) in [5, 5.41) is 6.67. The van der Waals surface area contributed by atoms with Crippen LogP contribution >= 0.6 is 0 Å². The molecule has 24 heavy (non-hydrogen) atoms. The van der Waals surface area contributed by atoms with E-state index in [4.69, 9.17) is 4.84 Å². The van der Waals surface area contributed by atoms with Crippen LogP contribution in [-0.2, 0) is 19.2 Å². The number of carbonyl (C=O) groups excluding carboxylic acids is 2. The molecule has 0 fully saturated rings. The van der Waals surface area contributed by atoms with Gasteiger partial charge >= 0.3 is 5.97 Å². The predicted molar refractivity (Wildman–Crippen MR) is 86.9 cm³/mol. The van der Waals surface area contributed by atoms with Crippen LogP contribution in [0.25, 0.3) is 0 Å². The molecule has 0 radical (unpaired) electrons. The minimum Gasteiger partial charge on any atom is -0.469 e. The van der Waals surface area contributed by atoms with E-state index in [1.54, 1.807) is 0 Å². The molecule has 1 aliphatic heterocycles. The van der Waals surface area contributed by atoms with Crippen LogP contribution in [0.5, 0.6) is 0 Å². The number of ether oxygens (including phenoxy) is 1. The highest BCUT2D eigenvalue weighted by atomic mass is 19.1. The monoisotopic (exact) mass is 338 g/mol. The lowest BCUT2D eigenvalue weighted by Gasteiger charge is -2.13. The third-order valence-electron chi connectivity index (χ3n) is 4.03. The minimum absolute atomic E-state index is 0.162. The average Bonchev–Trinajstić information content (AvgIpc) is 2.99. The van der Waals surface area contributed by atoms with Crippen molar-refractivity contribution in [3.63, 3.8) is 0 Å². The van der Waals surface area contributed by atoms with Crippen molar-refractivity contribution >= 4 is 17.6 Å². The molecule has 7 heteroatoms. The maximum absolute atomic E-state index is 14.0. The quantitative estimate of drug-likeness (QED) is 0.572. The van der Waals surface area contributed by atoms with E-state index in [1.165, 1.54) is 13.2 Å². The SMILES string of the molecule is COC(=O)CCCNC(=O)CC1CC(C2=C(F)C=C(C)CC2)=NO1. The van der Waals surface area contributed by atoms with E-state index < -0.39 is 0 Å². The van der Waals surface area contributed by atoms with E-state index in [-0.39, 0.29) is 36.6 Å². The van der Waals surface area contributed by atoms with Gasteiger partial charge in [0.15, 0.2) is 0 Å². The summed E-state index contributed by atoms with van der Waals surface area (Å²) in [6, 6.07) is 0. The Labute approximate surface area is 140 Å². The van der Waals surface area contributed by atoms with Crippen molar-refractivity contribution in [2.75, 3.05) is 13.7 Å². The highest BCUT2D eigenvalue weighted by molar-refractivity contribution is 6.02. The largest absolute Gasteiger partial charge is 0.469 e. The molecular weight excluding hydrogens is 315 g/mol. The first-order valence-electron chi connectivity index (χ1n) is 8.12. The van der Waals surface area contributed by atoms with Gasteiger partial charge < -0.3 is 14.9 Å². The summed E-state index contributed by atoms with van der Waals surface area (Å²) in [6.45, 7) is 2.30. The summed E-state index contributed by atoms with van der Waals surface area (Å²) in [5.41, 5.74) is 2.19. The molecular formula is C17H23FN2O4. The summed E-state index contributed by atoms with van der Waals surface area (Å²) in [7, 11) is 1.33. The van der Waals surface area contributed by atoms with E-state index in [0.717, 1.165) is 12.0 Å². The Hall–Kier alpha value is -2.18. The fourth-order valence-corrected chi connectivity index (χ4v) is 2.66. The van der Waals surface area contributed by atoms with Crippen LogP contribution in [0.3, 0.4) is 0 Å². The van der Waals surface area contributed by atoms with Gasteiger partial charge in [-0.1, -0.05) is 10.7 Å². The molecule has 1 unspecified atom stereocenters. The lowest BCUT2D eigenvalue weighted by molar-refractivity contribution is -0.140. The van der Waals surface area contributed by atoms with Crippen LogP contribution in [-0.4, -0.2) is 37.3 Å². The van der Waals surface area contributed by atoms with E-state index in [1.807, 2.05) is 6.92 Å². The molecule has 0 spiro atoms. The third-order valence-corrected chi connectivity index (χ3v) is 4.03. The van der Waals surface area contributed by atoms with E-state index in [2.05, 4.69) is 15.2 Å². The van der Waals surface area contributed by atoms with Crippen LogP contribution in [0.1, 0.15) is 45.4 Å². The first-order valence-corrected chi connectivity index (χ1v) is 8.12. The van der Waals surface area contributed by atoms with Crippen molar-refractivity contribution < 1.29 is 23.6 Å². The van der Waals surface area contributed by atoms with Crippen LogP contribution in [0.4, 0.5) is 4.39 Å². The predicted octanol–water partition coefficient (Wildman–Crippen LogP) is 2.55. The molecule has 1 amide bonds. The maximum atomic E-state index is 14.0. The van der Waals surface area contributed by atoms with Gasteiger partial charge in [0.05, 0.1) is 19.2 Å². The van der Waals surface area contributed by atoms with Gasteiger partial charge in [0.25, 0.3) is 0 Å². The van der Waals surface area contributed by atoms with E-state index in [9.17, 15) is 14.0 Å². The smallest absolute Gasteiger partial charge is 0.305 e. The van der Waals surface area contributed by atoms with Crippen LogP contribution in [0.2, 0.25) is 0 Å². The molecule has 1 N–H and O–H groups in total. The molecule has 2 rings (SSSR count). The Morgan fingerprint density at radius 1 is 1.46 bits per heavy atom. The number of allylic oxidation sites excluding steroid dienone is 4. The standard InChI is InChI=1S/C17H23FN2O4/c1-11-5-6-13(14(18)8-11)15-9-12(24-20-15)10-16(21)19-7-3-4-17(22)23-2/h8,12H,3-7,9-10H2,1-2H3,(H,19,21).